The van der Waals surface area contributed by atoms with Gasteiger partial charge in [0.2, 0.25) is 0 Å². The zero-order chi connectivity index (χ0) is 23.7. The zero-order valence-electron chi connectivity index (χ0n) is 20.7. The van der Waals surface area contributed by atoms with Gasteiger partial charge in [0.25, 0.3) is 5.91 Å². The topological polar surface area (TPSA) is 78.0 Å². The van der Waals surface area contributed by atoms with E-state index in [2.05, 4.69) is 47.3 Å². The number of benzene rings is 1. The van der Waals surface area contributed by atoms with Crippen LogP contribution in [0.4, 0.5) is 0 Å². The molecule has 1 amide bonds. The van der Waals surface area contributed by atoms with Crippen molar-refractivity contribution in [3.8, 4) is 0 Å². The van der Waals surface area contributed by atoms with Gasteiger partial charge in [-0.3, -0.25) is 9.89 Å². The molecule has 2 aromatic heterocycles. The molecule has 180 valence electrons. The van der Waals surface area contributed by atoms with Gasteiger partial charge in [0, 0.05) is 29.6 Å². The van der Waals surface area contributed by atoms with Crippen molar-refractivity contribution in [1.82, 2.24) is 30.0 Å². The third-order valence-electron chi connectivity index (χ3n) is 7.92. The molecule has 0 saturated carbocycles. The van der Waals surface area contributed by atoms with Gasteiger partial charge in [-0.2, -0.15) is 5.10 Å². The molecule has 7 heteroatoms. The van der Waals surface area contributed by atoms with E-state index in [1.807, 2.05) is 24.1 Å². The van der Waals surface area contributed by atoms with Crippen LogP contribution in [-0.4, -0.2) is 69.1 Å². The number of piperidine rings is 1. The molecule has 0 spiro atoms. The lowest BCUT2D eigenvalue weighted by Crippen LogP contribution is -2.40. The van der Waals surface area contributed by atoms with Gasteiger partial charge in [-0.05, 0) is 89.2 Å². The van der Waals surface area contributed by atoms with E-state index >= 15 is 0 Å². The van der Waals surface area contributed by atoms with Crippen LogP contribution in [0.3, 0.4) is 0 Å². The summed E-state index contributed by atoms with van der Waals surface area (Å²) in [6, 6.07) is 8.25. The number of likely N-dealkylation sites (tertiary alicyclic amines) is 2. The van der Waals surface area contributed by atoms with E-state index in [9.17, 15) is 4.79 Å². The van der Waals surface area contributed by atoms with Crippen LogP contribution in [-0.2, 0) is 11.8 Å². The number of carbonyl (C=O) groups excluding carboxylic acids is 1. The van der Waals surface area contributed by atoms with Crippen LogP contribution in [0, 0.1) is 12.8 Å². The van der Waals surface area contributed by atoms with E-state index in [-0.39, 0.29) is 11.3 Å². The molecule has 0 radical (unpaired) electrons. The van der Waals surface area contributed by atoms with Crippen molar-refractivity contribution in [2.45, 2.75) is 57.8 Å². The van der Waals surface area contributed by atoms with Crippen molar-refractivity contribution in [3.63, 3.8) is 0 Å². The lowest BCUT2D eigenvalue weighted by Gasteiger charge is -2.36. The van der Waals surface area contributed by atoms with Gasteiger partial charge in [0.05, 0.1) is 11.7 Å². The smallest absolute Gasteiger partial charge is 0.272 e. The van der Waals surface area contributed by atoms with Crippen LogP contribution in [0.5, 0.6) is 0 Å². The quantitative estimate of drug-likeness (QED) is 0.633. The minimum Gasteiger partial charge on any atom is -0.337 e. The number of aryl methyl sites for hydroxylation is 1. The zero-order valence-corrected chi connectivity index (χ0v) is 20.7. The van der Waals surface area contributed by atoms with Crippen LogP contribution in [0.25, 0.3) is 10.9 Å². The van der Waals surface area contributed by atoms with Gasteiger partial charge in [-0.25, -0.2) is 9.97 Å². The predicted molar refractivity (Wildman–Crippen MR) is 134 cm³/mol. The van der Waals surface area contributed by atoms with E-state index in [0.29, 0.717) is 11.6 Å². The molecule has 2 aliphatic heterocycles. The number of carbonyl (C=O) groups is 1. The van der Waals surface area contributed by atoms with Crippen LogP contribution in [0.15, 0.2) is 30.5 Å². The lowest BCUT2D eigenvalue weighted by atomic mass is 9.79. The Kier molecular flexibility index (Phi) is 6.38. The molecule has 2 aliphatic rings. The number of amides is 1. The summed E-state index contributed by atoms with van der Waals surface area (Å²) in [5.41, 5.74) is 3.82. The van der Waals surface area contributed by atoms with Crippen molar-refractivity contribution >= 4 is 16.8 Å². The standard InChI is InChI=1S/C27H36N6O/c1-19-16-24(30-26(29-19)27(2)10-14-32(3)15-11-27)25(34)33-12-5-6-20(9-13-33)17-21-7-4-8-23-22(21)18-28-31-23/h4,7-8,16,18,20H,5-6,9-15,17H2,1-3H3,(H,28,31). The summed E-state index contributed by atoms with van der Waals surface area (Å²) in [4.78, 5) is 27.5. The SMILES string of the molecule is Cc1cc(C(=O)N2CCCC(Cc3cccc4[nH]ncc34)CC2)nc(C2(C)CCN(C)CC2)n1. The van der Waals surface area contributed by atoms with E-state index < -0.39 is 0 Å². The lowest BCUT2D eigenvalue weighted by molar-refractivity contribution is 0.0752. The average molecular weight is 461 g/mol. The first-order valence-electron chi connectivity index (χ1n) is 12.7. The molecule has 3 aromatic rings. The summed E-state index contributed by atoms with van der Waals surface area (Å²) in [6.45, 7) is 7.89. The molecule has 0 aliphatic carbocycles. The van der Waals surface area contributed by atoms with Gasteiger partial charge in [-0.1, -0.05) is 19.1 Å². The molecule has 2 fully saturated rings. The predicted octanol–water partition coefficient (Wildman–Crippen LogP) is 4.13. The Hall–Kier alpha value is -2.80. The number of nitrogens with one attached hydrogen (secondary N) is 1. The van der Waals surface area contributed by atoms with Crippen molar-refractivity contribution in [3.05, 3.63) is 53.2 Å². The second-order valence-electron chi connectivity index (χ2n) is 10.6. The van der Waals surface area contributed by atoms with Crippen LogP contribution in [0.1, 0.15) is 66.6 Å². The summed E-state index contributed by atoms with van der Waals surface area (Å²) in [7, 11) is 2.16. The molecule has 1 atom stereocenters. The maximum absolute atomic E-state index is 13.5. The highest BCUT2D eigenvalue weighted by Gasteiger charge is 2.34. The molecule has 1 aromatic carbocycles. The van der Waals surface area contributed by atoms with Gasteiger partial charge in [-0.15, -0.1) is 0 Å². The number of hydrogen-bond acceptors (Lipinski definition) is 5. The summed E-state index contributed by atoms with van der Waals surface area (Å²) in [6.07, 6.45) is 8.18. The number of aromatic nitrogens is 4. The summed E-state index contributed by atoms with van der Waals surface area (Å²) < 4.78 is 0. The second-order valence-corrected chi connectivity index (χ2v) is 10.6. The molecule has 1 N–H and O–H groups in total. The normalized spacial score (nSPS) is 21.5. The Labute approximate surface area is 202 Å². The fourth-order valence-electron chi connectivity index (χ4n) is 5.54. The van der Waals surface area contributed by atoms with E-state index in [0.717, 1.165) is 81.7 Å². The van der Waals surface area contributed by atoms with Crippen molar-refractivity contribution in [2.75, 3.05) is 33.2 Å². The third-order valence-corrected chi connectivity index (χ3v) is 7.92. The van der Waals surface area contributed by atoms with Gasteiger partial charge in [0.1, 0.15) is 11.5 Å². The molecule has 4 heterocycles. The summed E-state index contributed by atoms with van der Waals surface area (Å²) in [5, 5.41) is 8.49. The first-order chi connectivity index (χ1) is 16.4. The molecular weight excluding hydrogens is 424 g/mol. The minimum absolute atomic E-state index is 0.0564. The van der Waals surface area contributed by atoms with Gasteiger partial charge in [0.15, 0.2) is 0 Å². The fourth-order valence-corrected chi connectivity index (χ4v) is 5.54. The number of hydrogen-bond donors (Lipinski definition) is 1. The molecule has 2 saturated heterocycles. The van der Waals surface area contributed by atoms with Crippen molar-refractivity contribution in [2.24, 2.45) is 5.92 Å². The summed E-state index contributed by atoms with van der Waals surface area (Å²) >= 11 is 0. The first kappa shape index (κ1) is 23.0. The molecule has 7 nitrogen and oxygen atoms in total. The Morgan fingerprint density at radius 1 is 1.15 bits per heavy atom. The first-order valence-corrected chi connectivity index (χ1v) is 12.7. The monoisotopic (exact) mass is 460 g/mol. The number of fused-ring (bicyclic) bond motifs is 1. The van der Waals surface area contributed by atoms with Crippen LogP contribution in [0.2, 0.25) is 0 Å². The van der Waals surface area contributed by atoms with Crippen LogP contribution < -0.4 is 0 Å². The Morgan fingerprint density at radius 2 is 1.97 bits per heavy atom. The molecule has 5 rings (SSSR count). The van der Waals surface area contributed by atoms with E-state index in [1.54, 1.807) is 0 Å². The minimum atomic E-state index is -0.0639. The average Bonchev–Trinajstić information content (AvgIpc) is 3.20. The number of rotatable bonds is 4. The van der Waals surface area contributed by atoms with E-state index in [4.69, 9.17) is 9.97 Å². The summed E-state index contributed by atoms with van der Waals surface area (Å²) in [5.74, 6) is 1.46. The Balaban J connectivity index is 1.28. The third kappa shape index (κ3) is 4.71. The van der Waals surface area contributed by atoms with Gasteiger partial charge < -0.3 is 9.80 Å². The highest BCUT2D eigenvalue weighted by Crippen LogP contribution is 2.33. The Bertz CT molecular complexity index is 1160. The van der Waals surface area contributed by atoms with Gasteiger partial charge >= 0.3 is 0 Å². The highest BCUT2D eigenvalue weighted by molar-refractivity contribution is 5.92. The maximum atomic E-state index is 13.5. The molecule has 34 heavy (non-hydrogen) atoms. The maximum Gasteiger partial charge on any atom is 0.272 e. The fraction of sp³-hybridized carbons (Fsp3) is 0.556. The van der Waals surface area contributed by atoms with Crippen LogP contribution >= 0.6 is 0 Å². The number of H-pyrrole nitrogens is 1. The van der Waals surface area contributed by atoms with Crippen molar-refractivity contribution in [1.29, 1.82) is 0 Å². The molecule has 0 bridgehead atoms. The number of nitrogens with zero attached hydrogens (tertiary/aromatic N) is 5. The number of aromatic amines is 1. The highest BCUT2D eigenvalue weighted by atomic mass is 16.2. The molecule has 1 unspecified atom stereocenters. The van der Waals surface area contributed by atoms with E-state index in [1.165, 1.54) is 10.9 Å². The Morgan fingerprint density at radius 3 is 2.79 bits per heavy atom. The van der Waals surface area contributed by atoms with Crippen molar-refractivity contribution < 1.29 is 4.79 Å². The second kappa shape index (κ2) is 9.45. The molecular formula is C27H36N6O. The largest absolute Gasteiger partial charge is 0.337 e.